The van der Waals surface area contributed by atoms with Crippen LogP contribution in [0.25, 0.3) is 0 Å². The van der Waals surface area contributed by atoms with Crippen molar-refractivity contribution in [3.8, 4) is 0 Å². The van der Waals surface area contributed by atoms with Gasteiger partial charge in [-0.1, -0.05) is 13.8 Å². The van der Waals surface area contributed by atoms with E-state index in [2.05, 4.69) is 10.1 Å². The van der Waals surface area contributed by atoms with E-state index in [4.69, 9.17) is 0 Å². The molecule has 0 spiro atoms. The molecule has 1 N–H and O–H groups in total. The minimum Gasteiger partial charge on any atom is -0.351 e. The lowest BCUT2D eigenvalue weighted by Gasteiger charge is -2.08. The van der Waals surface area contributed by atoms with Crippen LogP contribution in [0.15, 0.2) is 18.5 Å². The van der Waals surface area contributed by atoms with Crippen LogP contribution in [0.3, 0.4) is 0 Å². The van der Waals surface area contributed by atoms with Crippen molar-refractivity contribution < 1.29 is 17.9 Å². The summed E-state index contributed by atoms with van der Waals surface area (Å²) >= 11 is 0. The van der Waals surface area contributed by atoms with Crippen molar-refractivity contribution in [3.05, 3.63) is 24.0 Å². The van der Waals surface area contributed by atoms with Gasteiger partial charge in [-0.3, -0.25) is 0 Å². The molecular formula is C11H17F3N2O. The van der Waals surface area contributed by atoms with Gasteiger partial charge in [-0.05, 0) is 11.6 Å². The molecule has 3 nitrogen and oxygen atoms in total. The number of nitrogens with one attached hydrogen (secondary N) is 1. The lowest BCUT2D eigenvalue weighted by Crippen LogP contribution is -2.21. The molecule has 0 bridgehead atoms. The highest BCUT2D eigenvalue weighted by atomic mass is 19.4. The van der Waals surface area contributed by atoms with Crippen LogP contribution in [-0.4, -0.2) is 23.4 Å². The Hall–Kier alpha value is -1.01. The van der Waals surface area contributed by atoms with Crippen LogP contribution in [0.4, 0.5) is 13.2 Å². The van der Waals surface area contributed by atoms with Crippen LogP contribution >= 0.6 is 0 Å². The fourth-order valence-electron chi connectivity index (χ4n) is 1.26. The van der Waals surface area contributed by atoms with Crippen LogP contribution in [0, 0.1) is 0 Å². The van der Waals surface area contributed by atoms with E-state index in [9.17, 15) is 13.2 Å². The minimum atomic E-state index is -4.27. The number of hydrogen-bond acceptors (Lipinski definition) is 2. The second kappa shape index (κ2) is 6.07. The number of rotatable bonds is 6. The molecule has 0 aliphatic carbocycles. The minimum absolute atomic E-state index is 0.0822. The van der Waals surface area contributed by atoms with Crippen LogP contribution < -0.4 is 5.32 Å². The summed E-state index contributed by atoms with van der Waals surface area (Å²) in [6.45, 7) is 3.46. The van der Waals surface area contributed by atoms with E-state index in [1.807, 2.05) is 19.9 Å². The summed E-state index contributed by atoms with van der Waals surface area (Å²) in [5.74, 6) is 0. The van der Waals surface area contributed by atoms with Gasteiger partial charge in [-0.25, -0.2) is 0 Å². The van der Waals surface area contributed by atoms with Crippen LogP contribution in [0.2, 0.25) is 0 Å². The van der Waals surface area contributed by atoms with Crippen molar-refractivity contribution in [2.75, 3.05) is 6.61 Å². The Labute approximate surface area is 98.6 Å². The van der Waals surface area contributed by atoms with Crippen molar-refractivity contribution in [2.45, 2.75) is 39.3 Å². The van der Waals surface area contributed by atoms with E-state index in [0.717, 1.165) is 5.56 Å². The van der Waals surface area contributed by atoms with Gasteiger partial charge in [-0.2, -0.15) is 13.2 Å². The van der Waals surface area contributed by atoms with Crippen LogP contribution in [-0.2, 0) is 18.0 Å². The molecule has 0 amide bonds. The Morgan fingerprint density at radius 2 is 2.12 bits per heavy atom. The predicted octanol–water partition coefficient (Wildman–Crippen LogP) is 2.52. The van der Waals surface area contributed by atoms with Gasteiger partial charge in [0, 0.05) is 25.0 Å². The molecule has 1 heterocycles. The molecule has 17 heavy (non-hydrogen) atoms. The van der Waals surface area contributed by atoms with Gasteiger partial charge in [-0.15, -0.1) is 0 Å². The van der Waals surface area contributed by atoms with Crippen LogP contribution in [0.1, 0.15) is 19.4 Å². The SMILES string of the molecule is CC(C)NCc1ccn(COCC(F)(F)F)c1. The van der Waals surface area contributed by atoms with Crippen molar-refractivity contribution in [3.63, 3.8) is 0 Å². The highest BCUT2D eigenvalue weighted by Gasteiger charge is 2.27. The van der Waals surface area contributed by atoms with Gasteiger partial charge in [0.1, 0.15) is 13.3 Å². The average molecular weight is 250 g/mol. The Morgan fingerprint density at radius 1 is 1.41 bits per heavy atom. The Morgan fingerprint density at radius 3 is 2.71 bits per heavy atom. The molecule has 98 valence electrons. The molecule has 0 atom stereocenters. The molecule has 1 rings (SSSR count). The van der Waals surface area contributed by atoms with Gasteiger partial charge in [0.25, 0.3) is 0 Å². The fourth-order valence-corrected chi connectivity index (χ4v) is 1.26. The zero-order valence-corrected chi connectivity index (χ0v) is 9.92. The zero-order valence-electron chi connectivity index (χ0n) is 9.92. The molecule has 0 aliphatic heterocycles. The molecule has 0 saturated carbocycles. The summed E-state index contributed by atoms with van der Waals surface area (Å²) in [5.41, 5.74) is 1.02. The van der Waals surface area contributed by atoms with E-state index in [-0.39, 0.29) is 6.73 Å². The van der Waals surface area contributed by atoms with Gasteiger partial charge in [0.05, 0.1) is 0 Å². The first kappa shape index (κ1) is 14.1. The van der Waals surface area contributed by atoms with Crippen molar-refractivity contribution in [1.82, 2.24) is 9.88 Å². The largest absolute Gasteiger partial charge is 0.411 e. The van der Waals surface area contributed by atoms with Crippen molar-refractivity contribution >= 4 is 0 Å². The number of halogens is 3. The number of ether oxygens (including phenoxy) is 1. The number of aromatic nitrogens is 1. The third kappa shape index (κ3) is 6.33. The summed E-state index contributed by atoms with van der Waals surface area (Å²) < 4.78 is 41.6. The first-order valence-electron chi connectivity index (χ1n) is 5.39. The highest BCUT2D eigenvalue weighted by Crippen LogP contribution is 2.14. The number of alkyl halides is 3. The van der Waals surface area contributed by atoms with Crippen molar-refractivity contribution in [2.24, 2.45) is 0 Å². The van der Waals surface area contributed by atoms with Crippen molar-refractivity contribution in [1.29, 1.82) is 0 Å². The Bertz CT molecular complexity index is 334. The third-order valence-electron chi connectivity index (χ3n) is 2.03. The average Bonchev–Trinajstić information content (AvgIpc) is 2.61. The summed E-state index contributed by atoms with van der Waals surface area (Å²) in [7, 11) is 0. The Balaban J connectivity index is 2.31. The fraction of sp³-hybridized carbons (Fsp3) is 0.636. The molecule has 1 aromatic heterocycles. The molecule has 0 aliphatic rings. The molecule has 0 aromatic carbocycles. The van der Waals surface area contributed by atoms with E-state index in [1.54, 1.807) is 17.0 Å². The van der Waals surface area contributed by atoms with Gasteiger partial charge in [0.15, 0.2) is 0 Å². The summed E-state index contributed by atoms with van der Waals surface area (Å²) in [5, 5.41) is 3.22. The maximum absolute atomic E-state index is 11.8. The van der Waals surface area contributed by atoms with Crippen LogP contribution in [0.5, 0.6) is 0 Å². The first-order valence-corrected chi connectivity index (χ1v) is 5.39. The van der Waals surface area contributed by atoms with E-state index >= 15 is 0 Å². The normalized spacial score (nSPS) is 12.4. The molecule has 1 aromatic rings. The second-order valence-corrected chi connectivity index (χ2v) is 4.16. The van der Waals surface area contributed by atoms with E-state index in [1.165, 1.54) is 0 Å². The Kier molecular flexibility index (Phi) is 5.02. The lowest BCUT2D eigenvalue weighted by molar-refractivity contribution is -0.181. The molecule has 0 radical (unpaired) electrons. The summed E-state index contributed by atoms with van der Waals surface area (Å²) in [6, 6.07) is 2.23. The summed E-state index contributed by atoms with van der Waals surface area (Å²) in [4.78, 5) is 0. The maximum atomic E-state index is 11.8. The molecule has 6 heteroatoms. The summed E-state index contributed by atoms with van der Waals surface area (Å²) in [6.07, 6.45) is -0.797. The highest BCUT2D eigenvalue weighted by molar-refractivity contribution is 5.09. The topological polar surface area (TPSA) is 26.2 Å². The van der Waals surface area contributed by atoms with E-state index < -0.39 is 12.8 Å². The van der Waals surface area contributed by atoms with Gasteiger partial charge >= 0.3 is 6.18 Å². The quantitative estimate of drug-likeness (QED) is 0.839. The van der Waals surface area contributed by atoms with Gasteiger partial charge in [0.2, 0.25) is 0 Å². The lowest BCUT2D eigenvalue weighted by atomic mass is 10.3. The molecule has 0 fully saturated rings. The smallest absolute Gasteiger partial charge is 0.351 e. The monoisotopic (exact) mass is 250 g/mol. The molecular weight excluding hydrogens is 233 g/mol. The van der Waals surface area contributed by atoms with Gasteiger partial charge < -0.3 is 14.6 Å². The third-order valence-corrected chi connectivity index (χ3v) is 2.03. The maximum Gasteiger partial charge on any atom is 0.411 e. The first-order chi connectivity index (χ1) is 7.87. The predicted molar refractivity (Wildman–Crippen MR) is 58.4 cm³/mol. The number of nitrogens with zero attached hydrogens (tertiary/aromatic N) is 1. The molecule has 0 unspecified atom stereocenters. The van der Waals surface area contributed by atoms with E-state index in [0.29, 0.717) is 12.6 Å². The standard InChI is InChI=1S/C11H17F3N2O/c1-9(2)15-5-10-3-4-16(6-10)8-17-7-11(12,13)14/h3-4,6,9,15H,5,7-8H2,1-2H3. The molecule has 0 saturated heterocycles. The number of hydrogen-bond donors (Lipinski definition) is 1. The zero-order chi connectivity index (χ0) is 12.9. The second-order valence-electron chi connectivity index (χ2n) is 4.16.